The molecule has 1 fully saturated rings. The van der Waals surface area contributed by atoms with Gasteiger partial charge >= 0.3 is 6.18 Å². The molecule has 0 aromatic heterocycles. The Morgan fingerprint density at radius 3 is 2.50 bits per heavy atom. The molecule has 20 heavy (non-hydrogen) atoms. The summed E-state index contributed by atoms with van der Waals surface area (Å²) < 4.78 is 50.7. The number of halogens is 4. The van der Waals surface area contributed by atoms with E-state index in [9.17, 15) is 22.4 Å². The van der Waals surface area contributed by atoms with Crippen LogP contribution in [0.25, 0.3) is 0 Å². The normalized spacial score (nSPS) is 16.9. The van der Waals surface area contributed by atoms with Crippen molar-refractivity contribution < 1.29 is 27.5 Å². The number of hydrogen-bond acceptors (Lipinski definition) is 2. The molecule has 110 valence electrons. The first-order valence-electron chi connectivity index (χ1n) is 6.03. The van der Waals surface area contributed by atoms with E-state index in [0.29, 0.717) is 12.1 Å². The van der Waals surface area contributed by atoms with Crippen LogP contribution in [0.4, 0.5) is 17.6 Å². The summed E-state index contributed by atoms with van der Waals surface area (Å²) >= 11 is 0. The summed E-state index contributed by atoms with van der Waals surface area (Å²) in [6.07, 6.45) is -3.31. The van der Waals surface area contributed by atoms with Crippen LogP contribution in [0.2, 0.25) is 0 Å². The Hall–Kier alpha value is -1.63. The minimum absolute atomic E-state index is 0.0789. The van der Waals surface area contributed by atoms with Gasteiger partial charge in [0.05, 0.1) is 12.2 Å². The van der Waals surface area contributed by atoms with E-state index in [4.69, 9.17) is 5.11 Å². The molecule has 2 N–H and O–H groups in total. The minimum atomic E-state index is -4.84. The number of alkyl halides is 3. The molecule has 1 saturated carbocycles. The number of benzene rings is 1. The van der Waals surface area contributed by atoms with Crippen molar-refractivity contribution in [1.82, 2.24) is 5.32 Å². The minimum Gasteiger partial charge on any atom is -0.396 e. The number of rotatable bonds is 4. The summed E-state index contributed by atoms with van der Waals surface area (Å²) in [6, 6.07) is 2.11. The van der Waals surface area contributed by atoms with E-state index in [1.54, 1.807) is 0 Å². The van der Waals surface area contributed by atoms with Crippen molar-refractivity contribution in [1.29, 1.82) is 0 Å². The molecule has 0 atom stereocenters. The van der Waals surface area contributed by atoms with Crippen LogP contribution in [0.15, 0.2) is 18.2 Å². The lowest BCUT2D eigenvalue weighted by Gasteiger charge is -2.14. The van der Waals surface area contributed by atoms with E-state index >= 15 is 0 Å². The van der Waals surface area contributed by atoms with Gasteiger partial charge in [-0.15, -0.1) is 0 Å². The smallest absolute Gasteiger partial charge is 0.396 e. The summed E-state index contributed by atoms with van der Waals surface area (Å²) in [4.78, 5) is 11.7. The molecule has 0 unspecified atom stereocenters. The van der Waals surface area contributed by atoms with E-state index < -0.39 is 23.5 Å². The van der Waals surface area contributed by atoms with Gasteiger partial charge < -0.3 is 10.4 Å². The molecule has 3 nitrogen and oxygen atoms in total. The van der Waals surface area contributed by atoms with Gasteiger partial charge in [-0.05, 0) is 31.0 Å². The molecule has 0 bridgehead atoms. The van der Waals surface area contributed by atoms with Gasteiger partial charge in [-0.2, -0.15) is 13.2 Å². The average Bonchev–Trinajstić information content (AvgIpc) is 3.16. The van der Waals surface area contributed by atoms with Crippen molar-refractivity contribution in [3.63, 3.8) is 0 Å². The first kappa shape index (κ1) is 14.8. The SMILES string of the molecule is O=C(NCC1(CO)CC1)c1ccc(F)c(C(F)(F)F)c1. The molecule has 7 heteroatoms. The molecule has 0 radical (unpaired) electrons. The van der Waals surface area contributed by atoms with Crippen molar-refractivity contribution in [2.24, 2.45) is 5.41 Å². The highest BCUT2D eigenvalue weighted by Crippen LogP contribution is 2.44. The van der Waals surface area contributed by atoms with Crippen LogP contribution >= 0.6 is 0 Å². The number of aliphatic hydroxyl groups excluding tert-OH is 1. The zero-order valence-electron chi connectivity index (χ0n) is 10.4. The highest BCUT2D eigenvalue weighted by atomic mass is 19.4. The second-order valence-electron chi connectivity index (χ2n) is 5.03. The molecule has 1 aromatic carbocycles. The number of nitrogens with one attached hydrogen (secondary N) is 1. The molecule has 0 aliphatic heterocycles. The van der Waals surface area contributed by atoms with Crippen LogP contribution in [0.3, 0.4) is 0 Å². The summed E-state index contributed by atoms with van der Waals surface area (Å²) in [6.45, 7) is 0.117. The Morgan fingerprint density at radius 1 is 1.35 bits per heavy atom. The Balaban J connectivity index is 2.10. The monoisotopic (exact) mass is 291 g/mol. The van der Waals surface area contributed by atoms with E-state index in [-0.39, 0.29) is 24.1 Å². The van der Waals surface area contributed by atoms with Crippen molar-refractivity contribution in [3.05, 3.63) is 35.1 Å². The molecular weight excluding hydrogens is 278 g/mol. The fourth-order valence-electron chi connectivity index (χ4n) is 1.82. The molecule has 0 spiro atoms. The molecule has 1 aliphatic carbocycles. The van der Waals surface area contributed by atoms with Crippen LogP contribution in [0.1, 0.15) is 28.8 Å². The summed E-state index contributed by atoms with van der Waals surface area (Å²) in [5.74, 6) is -2.13. The molecule has 1 aliphatic rings. The van der Waals surface area contributed by atoms with Crippen molar-refractivity contribution in [3.8, 4) is 0 Å². The highest BCUT2D eigenvalue weighted by molar-refractivity contribution is 5.94. The van der Waals surface area contributed by atoms with Crippen LogP contribution < -0.4 is 5.32 Å². The van der Waals surface area contributed by atoms with Crippen molar-refractivity contribution in [2.75, 3.05) is 13.2 Å². The number of carbonyl (C=O) groups excluding carboxylic acids is 1. The van der Waals surface area contributed by atoms with E-state index in [0.717, 1.165) is 18.9 Å². The first-order chi connectivity index (χ1) is 9.27. The molecular formula is C13H13F4NO2. The molecule has 1 amide bonds. The number of carbonyl (C=O) groups is 1. The van der Waals surface area contributed by atoms with Crippen molar-refractivity contribution >= 4 is 5.91 Å². The maximum Gasteiger partial charge on any atom is 0.419 e. The summed E-state index contributed by atoms with van der Waals surface area (Å²) in [5.41, 5.74) is -2.07. The second-order valence-corrected chi connectivity index (χ2v) is 5.03. The standard InChI is InChI=1S/C13H13F4NO2/c14-10-2-1-8(5-9(10)13(15,16)17)11(20)18-6-12(7-19)3-4-12/h1-2,5,19H,3-4,6-7H2,(H,18,20). The van der Waals surface area contributed by atoms with Crippen LogP contribution in [-0.4, -0.2) is 24.2 Å². The second kappa shape index (κ2) is 5.05. The van der Waals surface area contributed by atoms with E-state index in [1.165, 1.54) is 0 Å². The zero-order valence-corrected chi connectivity index (χ0v) is 10.4. The van der Waals surface area contributed by atoms with Gasteiger partial charge in [0, 0.05) is 17.5 Å². The topological polar surface area (TPSA) is 49.3 Å². The van der Waals surface area contributed by atoms with Gasteiger partial charge in [0.25, 0.3) is 5.91 Å². The Bertz CT molecular complexity index is 524. The van der Waals surface area contributed by atoms with Gasteiger partial charge in [-0.25, -0.2) is 4.39 Å². The first-order valence-corrected chi connectivity index (χ1v) is 6.03. The largest absolute Gasteiger partial charge is 0.419 e. The quantitative estimate of drug-likeness (QED) is 0.837. The van der Waals surface area contributed by atoms with Gasteiger partial charge in [0.1, 0.15) is 5.82 Å². The Kier molecular flexibility index (Phi) is 3.73. The van der Waals surface area contributed by atoms with Crippen LogP contribution in [-0.2, 0) is 6.18 Å². The van der Waals surface area contributed by atoms with E-state index in [1.807, 2.05) is 0 Å². The fraction of sp³-hybridized carbons (Fsp3) is 0.462. The lowest BCUT2D eigenvalue weighted by atomic mass is 10.1. The van der Waals surface area contributed by atoms with Crippen molar-refractivity contribution in [2.45, 2.75) is 19.0 Å². The van der Waals surface area contributed by atoms with Gasteiger partial charge in [-0.1, -0.05) is 0 Å². The van der Waals surface area contributed by atoms with Gasteiger partial charge in [0.15, 0.2) is 0 Å². The maximum absolute atomic E-state index is 13.1. The summed E-state index contributed by atoms with van der Waals surface area (Å²) in [5, 5.41) is 11.5. The third kappa shape index (κ3) is 3.09. The number of aliphatic hydroxyl groups is 1. The Morgan fingerprint density at radius 2 is 2.00 bits per heavy atom. The molecule has 2 rings (SSSR count). The van der Waals surface area contributed by atoms with Gasteiger partial charge in [0.2, 0.25) is 0 Å². The third-order valence-electron chi connectivity index (χ3n) is 3.45. The number of amides is 1. The Labute approximate surface area is 112 Å². The van der Waals surface area contributed by atoms with Crippen LogP contribution in [0.5, 0.6) is 0 Å². The molecule has 0 saturated heterocycles. The lowest BCUT2D eigenvalue weighted by Crippen LogP contribution is -2.32. The predicted molar refractivity (Wildman–Crippen MR) is 62.5 cm³/mol. The van der Waals surface area contributed by atoms with E-state index in [2.05, 4.69) is 5.32 Å². The summed E-state index contributed by atoms with van der Waals surface area (Å²) in [7, 11) is 0. The predicted octanol–water partition coefficient (Wildman–Crippen LogP) is 2.35. The van der Waals surface area contributed by atoms with Crippen LogP contribution in [0, 0.1) is 11.2 Å². The molecule has 1 aromatic rings. The highest BCUT2D eigenvalue weighted by Gasteiger charge is 2.42. The maximum atomic E-state index is 13.1. The zero-order chi connectivity index (χ0) is 15.0. The van der Waals surface area contributed by atoms with Gasteiger partial charge in [-0.3, -0.25) is 4.79 Å². The third-order valence-corrected chi connectivity index (χ3v) is 3.45. The average molecular weight is 291 g/mol. The number of hydrogen-bond donors (Lipinski definition) is 2. The lowest BCUT2D eigenvalue weighted by molar-refractivity contribution is -0.140. The fourth-order valence-corrected chi connectivity index (χ4v) is 1.82. The molecule has 0 heterocycles.